The maximum absolute atomic E-state index is 13.0. The van der Waals surface area contributed by atoms with Gasteiger partial charge in [-0.2, -0.15) is 12.7 Å². The standard InChI is InChI=1S/C17H15N3O10S2/c1-3-18(4-2)31(26,27)9-5-11-15(13(7-9)19(22)23)16-12(17(11)21)6-10(32(28,29)30)8-14(16)20(24)25/h5-8H,3-4H2,1-2H3,(H,28,29,30). The Morgan fingerprint density at radius 1 is 0.844 bits per heavy atom. The van der Waals surface area contributed by atoms with E-state index < -0.39 is 79.2 Å². The Hall–Kier alpha value is -3.27. The lowest BCUT2D eigenvalue weighted by atomic mass is 10.0. The van der Waals surface area contributed by atoms with Gasteiger partial charge in [0.25, 0.3) is 21.5 Å². The summed E-state index contributed by atoms with van der Waals surface area (Å²) in [6.45, 7) is 3.18. The number of ketones is 1. The first kappa shape index (κ1) is 23.4. The number of benzene rings is 2. The van der Waals surface area contributed by atoms with Gasteiger partial charge in [0.05, 0.1) is 25.9 Å². The summed E-state index contributed by atoms with van der Waals surface area (Å²) in [6, 6.07) is 2.70. The maximum atomic E-state index is 13.0. The van der Waals surface area contributed by atoms with Crippen molar-refractivity contribution in [2.45, 2.75) is 23.6 Å². The van der Waals surface area contributed by atoms with E-state index in [1.807, 2.05) is 0 Å². The summed E-state index contributed by atoms with van der Waals surface area (Å²) in [5.74, 6) is -1.05. The predicted octanol–water partition coefficient (Wildman–Crippen LogP) is 1.99. The molecule has 1 N–H and O–H groups in total. The Morgan fingerprint density at radius 2 is 1.25 bits per heavy atom. The normalized spacial score (nSPS) is 13.2. The molecule has 2 aromatic carbocycles. The maximum Gasteiger partial charge on any atom is 0.294 e. The molecular weight excluding hydrogens is 470 g/mol. The third-order valence-electron chi connectivity index (χ3n) is 4.96. The molecule has 0 atom stereocenters. The van der Waals surface area contributed by atoms with Crippen molar-refractivity contribution in [1.29, 1.82) is 0 Å². The molecule has 13 nitrogen and oxygen atoms in total. The lowest BCUT2D eigenvalue weighted by molar-refractivity contribution is -0.386. The fraction of sp³-hybridized carbons (Fsp3) is 0.235. The number of fused-ring (bicyclic) bond motifs is 3. The second-order valence-corrected chi connectivity index (χ2v) is 10.00. The average molecular weight is 485 g/mol. The van der Waals surface area contributed by atoms with Crippen LogP contribution in [0.5, 0.6) is 0 Å². The number of nitro groups is 2. The minimum atomic E-state index is -4.96. The number of carbonyl (C=O) groups is 1. The summed E-state index contributed by atoms with van der Waals surface area (Å²) < 4.78 is 59.1. The lowest BCUT2D eigenvalue weighted by Gasteiger charge is -2.18. The molecule has 1 aliphatic carbocycles. The van der Waals surface area contributed by atoms with Crippen LogP contribution in [0.25, 0.3) is 11.1 Å². The van der Waals surface area contributed by atoms with Crippen molar-refractivity contribution in [3.8, 4) is 11.1 Å². The van der Waals surface area contributed by atoms with Gasteiger partial charge in [-0.25, -0.2) is 8.42 Å². The first-order valence-corrected chi connectivity index (χ1v) is 11.8. The van der Waals surface area contributed by atoms with Crippen LogP contribution in [0.15, 0.2) is 34.1 Å². The second-order valence-electron chi connectivity index (χ2n) is 6.64. The number of nitro benzene ring substituents is 2. The number of rotatable bonds is 7. The van der Waals surface area contributed by atoms with Gasteiger partial charge >= 0.3 is 0 Å². The highest BCUT2D eigenvalue weighted by Gasteiger charge is 2.42. The molecule has 0 bridgehead atoms. The molecule has 0 fully saturated rings. The number of nitrogens with zero attached hydrogens (tertiary/aromatic N) is 3. The number of hydrogen-bond donors (Lipinski definition) is 1. The molecule has 0 heterocycles. The van der Waals surface area contributed by atoms with Crippen molar-refractivity contribution in [1.82, 2.24) is 4.31 Å². The van der Waals surface area contributed by atoms with E-state index in [1.165, 1.54) is 0 Å². The van der Waals surface area contributed by atoms with E-state index in [0.29, 0.717) is 18.2 Å². The fourth-order valence-electron chi connectivity index (χ4n) is 3.53. The highest BCUT2D eigenvalue weighted by Crippen LogP contribution is 2.49. The van der Waals surface area contributed by atoms with Crippen molar-refractivity contribution in [2.75, 3.05) is 13.1 Å². The summed E-state index contributed by atoms with van der Waals surface area (Å²) in [4.78, 5) is 32.7. The molecule has 0 aliphatic heterocycles. The largest absolute Gasteiger partial charge is 0.294 e. The molecule has 1 aliphatic rings. The first-order chi connectivity index (χ1) is 14.7. The number of carbonyl (C=O) groups excluding carboxylic acids is 1. The monoisotopic (exact) mass is 485 g/mol. The Morgan fingerprint density at radius 3 is 1.62 bits per heavy atom. The van der Waals surface area contributed by atoms with Crippen LogP contribution in [-0.2, 0) is 20.1 Å². The Bertz CT molecular complexity index is 1410. The van der Waals surface area contributed by atoms with Gasteiger partial charge in [-0.3, -0.25) is 29.6 Å². The van der Waals surface area contributed by atoms with E-state index in [2.05, 4.69) is 0 Å². The van der Waals surface area contributed by atoms with Gasteiger partial charge in [0, 0.05) is 36.3 Å². The van der Waals surface area contributed by atoms with Gasteiger partial charge in [0.1, 0.15) is 4.90 Å². The summed E-state index contributed by atoms with van der Waals surface area (Å²) in [5, 5.41) is 23.3. The Balaban J connectivity index is 2.45. The molecule has 2 aromatic rings. The van der Waals surface area contributed by atoms with Gasteiger partial charge in [0.2, 0.25) is 10.0 Å². The van der Waals surface area contributed by atoms with Crippen molar-refractivity contribution < 1.29 is 36.0 Å². The Kier molecular flexibility index (Phi) is 5.63. The van der Waals surface area contributed by atoms with Crippen molar-refractivity contribution in [3.63, 3.8) is 0 Å². The zero-order chi connectivity index (χ0) is 24.2. The topological polar surface area (TPSA) is 195 Å². The van der Waals surface area contributed by atoms with Crippen molar-refractivity contribution in [2.24, 2.45) is 0 Å². The quantitative estimate of drug-likeness (QED) is 0.293. The van der Waals surface area contributed by atoms with Crippen LogP contribution in [0.3, 0.4) is 0 Å². The zero-order valence-corrected chi connectivity index (χ0v) is 18.1. The molecule has 0 saturated heterocycles. The van der Waals surface area contributed by atoms with Gasteiger partial charge in [-0.15, -0.1) is 0 Å². The van der Waals surface area contributed by atoms with Gasteiger partial charge in [-0.05, 0) is 12.1 Å². The molecule has 0 radical (unpaired) electrons. The molecule has 0 spiro atoms. The highest BCUT2D eigenvalue weighted by atomic mass is 32.2. The van der Waals surface area contributed by atoms with Crippen LogP contribution in [0.1, 0.15) is 29.8 Å². The van der Waals surface area contributed by atoms with E-state index in [1.54, 1.807) is 13.8 Å². The third kappa shape index (κ3) is 3.54. The van der Waals surface area contributed by atoms with E-state index in [9.17, 15) is 46.4 Å². The summed E-state index contributed by atoms with van der Waals surface area (Å²) in [7, 11) is -9.20. The minimum absolute atomic E-state index is 0.0427. The minimum Gasteiger partial charge on any atom is -0.289 e. The summed E-state index contributed by atoms with van der Waals surface area (Å²) in [6.07, 6.45) is 0. The predicted molar refractivity (Wildman–Crippen MR) is 109 cm³/mol. The van der Waals surface area contributed by atoms with E-state index in [4.69, 9.17) is 0 Å². The molecule has 0 saturated carbocycles. The smallest absolute Gasteiger partial charge is 0.289 e. The number of hydrogen-bond acceptors (Lipinski definition) is 9. The third-order valence-corrected chi connectivity index (χ3v) is 7.81. The summed E-state index contributed by atoms with van der Waals surface area (Å²) in [5.41, 5.74) is -3.95. The lowest BCUT2D eigenvalue weighted by Crippen LogP contribution is -2.30. The molecule has 3 rings (SSSR count). The molecule has 32 heavy (non-hydrogen) atoms. The van der Waals surface area contributed by atoms with Gasteiger partial charge in [-0.1, -0.05) is 13.8 Å². The number of sulfonamides is 1. The second kappa shape index (κ2) is 7.70. The molecule has 0 unspecified atom stereocenters. The van der Waals surface area contributed by atoms with Crippen LogP contribution >= 0.6 is 0 Å². The van der Waals surface area contributed by atoms with Crippen molar-refractivity contribution in [3.05, 3.63) is 55.6 Å². The van der Waals surface area contributed by atoms with Crippen molar-refractivity contribution >= 4 is 37.3 Å². The van der Waals surface area contributed by atoms with Crippen LogP contribution in [0.2, 0.25) is 0 Å². The van der Waals surface area contributed by atoms with E-state index in [-0.39, 0.29) is 13.1 Å². The van der Waals surface area contributed by atoms with Crippen LogP contribution in [0, 0.1) is 20.2 Å². The molecule has 0 aromatic heterocycles. The van der Waals surface area contributed by atoms with E-state index >= 15 is 0 Å². The van der Waals surface area contributed by atoms with Gasteiger partial charge in [0.15, 0.2) is 5.78 Å². The highest BCUT2D eigenvalue weighted by molar-refractivity contribution is 7.89. The molecule has 0 amide bonds. The average Bonchev–Trinajstić information content (AvgIpc) is 2.99. The first-order valence-electron chi connectivity index (χ1n) is 8.93. The zero-order valence-electron chi connectivity index (χ0n) is 16.5. The van der Waals surface area contributed by atoms with Gasteiger partial charge < -0.3 is 0 Å². The molecular formula is C17H15N3O10S2. The Labute approximate surface area is 181 Å². The molecule has 170 valence electrons. The fourth-order valence-corrected chi connectivity index (χ4v) is 5.56. The summed E-state index contributed by atoms with van der Waals surface area (Å²) >= 11 is 0. The molecule has 15 heteroatoms. The van der Waals surface area contributed by atoms with Crippen LogP contribution in [0.4, 0.5) is 11.4 Å². The SMILES string of the molecule is CCN(CC)S(=O)(=O)c1cc2c(c([N+](=O)[O-])c1)-c1c(cc(S(=O)(=O)O)cc1[N+](=O)[O-])C2=O. The van der Waals surface area contributed by atoms with E-state index in [0.717, 1.165) is 10.4 Å². The van der Waals surface area contributed by atoms with Crippen LogP contribution < -0.4 is 0 Å². The van der Waals surface area contributed by atoms with Crippen LogP contribution in [-0.4, -0.2) is 54.4 Å².